The van der Waals surface area contributed by atoms with Crippen molar-refractivity contribution in [1.29, 1.82) is 0 Å². The van der Waals surface area contributed by atoms with Gasteiger partial charge in [-0.15, -0.1) is 0 Å². The van der Waals surface area contributed by atoms with Crippen LogP contribution in [-0.4, -0.2) is 42.6 Å². The average molecular weight is 401 g/mol. The van der Waals surface area contributed by atoms with Gasteiger partial charge < -0.3 is 37.9 Å². The minimum absolute atomic E-state index is 0. The van der Waals surface area contributed by atoms with Crippen LogP contribution >= 0.6 is 0 Å². The number of carbonyl (C=O) groups excluding carboxylic acids is 7. The van der Waals surface area contributed by atoms with Crippen molar-refractivity contribution in [2.75, 3.05) is 0 Å². The van der Waals surface area contributed by atoms with Gasteiger partial charge >= 0.3 is 17.1 Å². The molecule has 0 aliphatic carbocycles. The average Bonchev–Trinajstić information content (AvgIpc) is 2.35. The van der Waals surface area contributed by atoms with Gasteiger partial charge in [0, 0.05) is 18.6 Å². The predicted octanol–water partition coefficient (Wildman–Crippen LogP) is -0.764. The Morgan fingerprint density at radius 2 is 0.348 bits per heavy atom. The third-order valence-electron chi connectivity index (χ3n) is 0. The van der Waals surface area contributed by atoms with Crippen molar-refractivity contribution in [3.63, 3.8) is 0 Å². The van der Waals surface area contributed by atoms with E-state index < -0.39 is 0 Å². The Morgan fingerprint density at radius 3 is 0.348 bits per heavy atom. The molecule has 0 saturated heterocycles. The Bertz CT molecular complexity index is 310. The van der Waals surface area contributed by atoms with Crippen LogP contribution in [0.5, 0.6) is 0 Å². The maximum absolute atomic E-state index is 8.24. The standard InChI is InChI=1S/7CNO.Fe.V/c7*2-1-3;;/q7*-1;+2;. The summed E-state index contributed by atoms with van der Waals surface area (Å²) >= 11 is 0. The van der Waals surface area contributed by atoms with Gasteiger partial charge in [0.05, 0.1) is 0 Å². The maximum atomic E-state index is 8.24. The summed E-state index contributed by atoms with van der Waals surface area (Å²) in [5.74, 6) is 0. The first-order chi connectivity index (χ1) is 9.90. The fraction of sp³-hybridized carbons (Fsp3) is 0. The van der Waals surface area contributed by atoms with Crippen LogP contribution in [0.3, 0.4) is 0 Å². The smallest absolute Gasteiger partial charge is 0.724 e. The third kappa shape index (κ3) is 504. The largest absolute Gasteiger partial charge is 2.00 e. The summed E-state index contributed by atoms with van der Waals surface area (Å²) in [5.41, 5.74) is 0. The van der Waals surface area contributed by atoms with Gasteiger partial charge in [-0.2, -0.15) is 0 Å². The van der Waals surface area contributed by atoms with E-state index in [4.69, 9.17) is 71.4 Å². The molecule has 0 atom stereocenters. The van der Waals surface area contributed by atoms with E-state index in [2.05, 4.69) is 0 Å². The van der Waals surface area contributed by atoms with E-state index in [1.807, 2.05) is 0 Å². The van der Waals surface area contributed by atoms with E-state index in [1.165, 1.54) is 0 Å². The van der Waals surface area contributed by atoms with Gasteiger partial charge in [-0.05, 0) is 42.6 Å². The molecule has 0 fully saturated rings. The first-order valence-electron chi connectivity index (χ1n) is 2.99. The summed E-state index contributed by atoms with van der Waals surface area (Å²) in [5, 5.41) is 47.3. The Labute approximate surface area is 149 Å². The van der Waals surface area contributed by atoms with Gasteiger partial charge in [0.25, 0.3) is 0 Å². The molecule has 0 aromatic carbocycles. The van der Waals surface area contributed by atoms with Crippen LogP contribution in [0.15, 0.2) is 0 Å². The van der Waals surface area contributed by atoms with Crippen LogP contribution in [-0.2, 0) is 69.2 Å². The fourth-order valence-corrected chi connectivity index (χ4v) is 0. The van der Waals surface area contributed by atoms with E-state index in [-0.39, 0.29) is 35.6 Å². The second-order valence-corrected chi connectivity index (χ2v) is 0.639. The molecule has 23 heavy (non-hydrogen) atoms. The van der Waals surface area contributed by atoms with E-state index in [9.17, 15) is 0 Å². The Morgan fingerprint density at radius 1 is 0.348 bits per heavy atom. The molecule has 16 heteroatoms. The van der Waals surface area contributed by atoms with Gasteiger partial charge in [-0.25, -0.2) is 0 Å². The number of nitrogens with zero attached hydrogens (tertiary/aromatic N) is 7. The normalized spacial score (nSPS) is 2.43. The second kappa shape index (κ2) is 418. The first kappa shape index (κ1) is 60.1. The topological polar surface area (TPSA) is 276 Å². The Kier molecular flexibility index (Phi) is 1090. The molecule has 0 rings (SSSR count). The van der Waals surface area contributed by atoms with Crippen LogP contribution in [0.4, 0.5) is 0 Å². The number of rotatable bonds is 0. The van der Waals surface area contributed by atoms with Crippen LogP contribution in [0.1, 0.15) is 0 Å². The first-order valence-corrected chi connectivity index (χ1v) is 2.99. The molecule has 0 heterocycles. The molecule has 0 bridgehead atoms. The summed E-state index contributed by atoms with van der Waals surface area (Å²) in [6.45, 7) is 0. The van der Waals surface area contributed by atoms with Crippen LogP contribution in [0, 0.1) is 0 Å². The Balaban J connectivity index is -0.0000000140. The van der Waals surface area contributed by atoms with Crippen molar-refractivity contribution in [2.45, 2.75) is 0 Å². The molecule has 0 amide bonds. The zero-order chi connectivity index (χ0) is 18.9. The monoisotopic (exact) mass is 401 g/mol. The van der Waals surface area contributed by atoms with Crippen molar-refractivity contribution in [1.82, 2.24) is 0 Å². The second-order valence-electron chi connectivity index (χ2n) is 0.639. The van der Waals surface area contributed by atoms with Crippen molar-refractivity contribution in [3.05, 3.63) is 37.9 Å². The summed E-state index contributed by atoms with van der Waals surface area (Å²) < 4.78 is 0. The summed E-state index contributed by atoms with van der Waals surface area (Å²) in [4.78, 5) is 57.7. The molecule has 123 valence electrons. The quantitative estimate of drug-likeness (QED) is 0.283. The molecule has 0 aliphatic heterocycles. The van der Waals surface area contributed by atoms with Gasteiger partial charge in [0.15, 0.2) is 0 Å². The number of isocyanates is 7. The van der Waals surface area contributed by atoms with Crippen molar-refractivity contribution < 1.29 is 69.2 Å². The zero-order valence-corrected chi connectivity index (χ0v) is 12.8. The molecule has 14 nitrogen and oxygen atoms in total. The fourth-order valence-electron chi connectivity index (χ4n) is 0. The van der Waals surface area contributed by atoms with Crippen molar-refractivity contribution in [2.24, 2.45) is 0 Å². The van der Waals surface area contributed by atoms with Gasteiger partial charge in [0.2, 0.25) is 0 Å². The Hall–Kier alpha value is -3.24. The summed E-state index contributed by atoms with van der Waals surface area (Å²) in [6.07, 6.45) is 3.50. The molecular weight excluding hydrogens is 401 g/mol. The molecule has 0 aromatic heterocycles. The van der Waals surface area contributed by atoms with E-state index >= 15 is 0 Å². The maximum Gasteiger partial charge on any atom is 2.00 e. The van der Waals surface area contributed by atoms with E-state index in [1.54, 1.807) is 0 Å². The molecule has 0 aromatic rings. The van der Waals surface area contributed by atoms with E-state index in [0.717, 1.165) is 0 Å². The molecule has 0 saturated carbocycles. The number of hydrogen-bond acceptors (Lipinski definition) is 7. The zero-order valence-electron chi connectivity index (χ0n) is 10.3. The number of hydrogen-bond donors (Lipinski definition) is 0. The minimum atomic E-state index is 0. The third-order valence-corrected chi connectivity index (χ3v) is 0. The summed E-state index contributed by atoms with van der Waals surface area (Å²) in [6, 6.07) is 0. The van der Waals surface area contributed by atoms with Gasteiger partial charge in [-0.1, -0.05) is 0 Å². The van der Waals surface area contributed by atoms with Gasteiger partial charge in [-0.3, -0.25) is 33.6 Å². The van der Waals surface area contributed by atoms with Gasteiger partial charge in [0.1, 0.15) is 0 Å². The van der Waals surface area contributed by atoms with Crippen molar-refractivity contribution in [3.8, 4) is 0 Å². The SMILES string of the molecule is [Fe+2].[N-]=C=O.[N-]=C=O.[N-]=C=O.[N-]=C=O.[N-]=C=O.[N-]=C=O.[N-]=C=O.[V]. The van der Waals surface area contributed by atoms with Crippen LogP contribution in [0.25, 0.3) is 37.9 Å². The molecule has 0 spiro atoms. The minimum Gasteiger partial charge on any atom is -0.724 e. The van der Waals surface area contributed by atoms with Crippen LogP contribution < -0.4 is 0 Å². The molecular formula is C7FeN7O7V-5. The van der Waals surface area contributed by atoms with E-state index in [0.29, 0.717) is 42.6 Å². The predicted molar refractivity (Wildman–Crippen MR) is 63.4 cm³/mol. The molecule has 0 unspecified atom stereocenters. The van der Waals surface area contributed by atoms with Crippen molar-refractivity contribution >= 4 is 42.6 Å². The molecule has 0 N–H and O–H groups in total. The summed E-state index contributed by atoms with van der Waals surface area (Å²) in [7, 11) is 0. The molecule has 0 aliphatic rings. The van der Waals surface area contributed by atoms with Crippen LogP contribution in [0.2, 0.25) is 0 Å². The molecule has 1 radical (unpaired) electrons.